The maximum absolute atomic E-state index is 11.5. The number of benzene rings is 3. The molecule has 0 aromatic heterocycles. The molecular formula is C28H32N2O3. The van der Waals surface area contributed by atoms with Crippen LogP contribution in [0.1, 0.15) is 61.0 Å². The fourth-order valence-electron chi connectivity index (χ4n) is 4.21. The average Bonchev–Trinajstić information content (AvgIpc) is 2.82. The van der Waals surface area contributed by atoms with Crippen molar-refractivity contribution in [1.82, 2.24) is 0 Å². The predicted molar refractivity (Wildman–Crippen MR) is 134 cm³/mol. The van der Waals surface area contributed by atoms with Crippen LogP contribution in [-0.4, -0.2) is 24.2 Å². The van der Waals surface area contributed by atoms with E-state index in [-0.39, 0.29) is 5.56 Å². The van der Waals surface area contributed by atoms with Gasteiger partial charge in [0.15, 0.2) is 11.5 Å². The average molecular weight is 445 g/mol. The highest BCUT2D eigenvalue weighted by molar-refractivity contribution is 5.98. The van der Waals surface area contributed by atoms with Crippen molar-refractivity contribution < 1.29 is 14.6 Å². The van der Waals surface area contributed by atoms with Crippen molar-refractivity contribution in [1.29, 1.82) is 0 Å². The second-order valence-corrected chi connectivity index (χ2v) is 8.58. The topological polar surface area (TPSA) is 61.8 Å². The number of nitrogens with one attached hydrogen (secondary N) is 1. The summed E-state index contributed by atoms with van der Waals surface area (Å²) in [6.45, 7) is 6.66. The zero-order chi connectivity index (χ0) is 23.2. The van der Waals surface area contributed by atoms with Gasteiger partial charge in [0.25, 0.3) is 0 Å². The Morgan fingerprint density at radius 2 is 1.64 bits per heavy atom. The zero-order valence-corrected chi connectivity index (χ0v) is 19.4. The third kappa shape index (κ3) is 5.30. The summed E-state index contributed by atoms with van der Waals surface area (Å²) >= 11 is 0. The van der Waals surface area contributed by atoms with Gasteiger partial charge in [-0.05, 0) is 66.8 Å². The molecule has 172 valence electrons. The normalized spacial score (nSPS) is 11.7. The quantitative estimate of drug-likeness (QED) is 0.270. The number of rotatable bonds is 10. The summed E-state index contributed by atoms with van der Waals surface area (Å²) < 4.78 is 6.06. The van der Waals surface area contributed by atoms with E-state index in [1.54, 1.807) is 18.2 Å². The maximum Gasteiger partial charge on any atom is 0.337 e. The van der Waals surface area contributed by atoms with E-state index in [9.17, 15) is 9.90 Å². The molecule has 0 atom stereocenters. The molecule has 33 heavy (non-hydrogen) atoms. The number of carbonyl (C=O) groups is 1. The largest absolute Gasteiger partial charge is 0.478 e. The molecule has 0 amide bonds. The first-order valence-corrected chi connectivity index (χ1v) is 11.9. The third-order valence-electron chi connectivity index (χ3n) is 6.03. The van der Waals surface area contributed by atoms with Crippen LogP contribution >= 0.6 is 0 Å². The minimum absolute atomic E-state index is 0.203. The van der Waals surface area contributed by atoms with Crippen LogP contribution in [0.4, 0.5) is 17.1 Å². The zero-order valence-electron chi connectivity index (χ0n) is 19.4. The summed E-state index contributed by atoms with van der Waals surface area (Å²) in [6.07, 6.45) is 5.61. The molecule has 4 rings (SSSR count). The lowest BCUT2D eigenvalue weighted by atomic mass is 10.0. The van der Waals surface area contributed by atoms with Crippen molar-refractivity contribution in [3.05, 3.63) is 77.4 Å². The highest BCUT2D eigenvalue weighted by atomic mass is 16.5. The van der Waals surface area contributed by atoms with Crippen LogP contribution in [-0.2, 0) is 6.42 Å². The van der Waals surface area contributed by atoms with Crippen LogP contribution in [0.3, 0.4) is 0 Å². The second kappa shape index (κ2) is 10.4. The van der Waals surface area contributed by atoms with E-state index in [2.05, 4.69) is 54.4 Å². The number of nitrogens with zero attached hydrogens (tertiary/aromatic N) is 1. The molecule has 0 bridgehead atoms. The van der Waals surface area contributed by atoms with Gasteiger partial charge in [-0.2, -0.15) is 0 Å². The number of fused-ring (bicyclic) bond motifs is 2. The first kappa shape index (κ1) is 22.7. The highest BCUT2D eigenvalue weighted by Crippen LogP contribution is 2.44. The van der Waals surface area contributed by atoms with Crippen LogP contribution in [0.5, 0.6) is 11.5 Å². The Balaban J connectivity index is 1.53. The van der Waals surface area contributed by atoms with E-state index in [0.717, 1.165) is 30.8 Å². The number of ether oxygens (including phenoxy) is 1. The minimum atomic E-state index is -0.977. The lowest BCUT2D eigenvalue weighted by Crippen LogP contribution is -2.25. The summed E-state index contributed by atoms with van der Waals surface area (Å²) in [7, 11) is 0. The smallest absolute Gasteiger partial charge is 0.337 e. The number of para-hydroxylation sites is 1. The molecule has 0 saturated heterocycles. The Kier molecular flexibility index (Phi) is 7.18. The number of hydrogen-bond acceptors (Lipinski definition) is 4. The Morgan fingerprint density at radius 1 is 0.909 bits per heavy atom. The second-order valence-electron chi connectivity index (χ2n) is 8.58. The van der Waals surface area contributed by atoms with Gasteiger partial charge in [-0.25, -0.2) is 4.79 Å². The summed E-state index contributed by atoms with van der Waals surface area (Å²) in [5.41, 5.74) is 5.19. The first-order valence-electron chi connectivity index (χ1n) is 11.9. The standard InChI is InChI=1S/C28H32N2O3/c1-3-5-15-30(16-6-4-2)22-10-7-9-20(18-22)17-21-13-14-24-26(19-21)33-25-12-8-11-23(28(31)32)27(25)29-24/h7-14,18-19,29H,3-6,15-17H2,1-2H3,(H,31,32). The van der Waals surface area contributed by atoms with Crippen molar-refractivity contribution in [3.8, 4) is 11.5 Å². The molecular weight excluding hydrogens is 412 g/mol. The molecule has 0 fully saturated rings. The van der Waals surface area contributed by atoms with Crippen LogP contribution in [0.2, 0.25) is 0 Å². The monoisotopic (exact) mass is 444 g/mol. The SMILES string of the molecule is CCCCN(CCCC)c1cccc(Cc2ccc3c(c2)Oc2cccc(C(=O)O)c2N3)c1. The fourth-order valence-corrected chi connectivity index (χ4v) is 4.21. The van der Waals surface area contributed by atoms with Crippen molar-refractivity contribution in [2.75, 3.05) is 23.3 Å². The molecule has 0 aliphatic carbocycles. The van der Waals surface area contributed by atoms with E-state index < -0.39 is 5.97 Å². The Hall–Kier alpha value is -3.47. The van der Waals surface area contributed by atoms with Crippen molar-refractivity contribution in [2.24, 2.45) is 0 Å². The molecule has 0 unspecified atom stereocenters. The molecule has 5 heteroatoms. The molecule has 3 aromatic rings. The third-order valence-corrected chi connectivity index (χ3v) is 6.03. The molecule has 0 radical (unpaired) electrons. The number of anilines is 3. The van der Waals surface area contributed by atoms with Gasteiger partial charge >= 0.3 is 5.97 Å². The number of unbranched alkanes of at least 4 members (excludes halogenated alkanes) is 2. The molecule has 0 spiro atoms. The van der Waals surface area contributed by atoms with Crippen molar-refractivity contribution in [3.63, 3.8) is 0 Å². The van der Waals surface area contributed by atoms with Gasteiger partial charge in [-0.1, -0.05) is 51.0 Å². The van der Waals surface area contributed by atoms with E-state index >= 15 is 0 Å². The van der Waals surface area contributed by atoms with Gasteiger partial charge in [0, 0.05) is 18.8 Å². The summed E-state index contributed by atoms with van der Waals surface area (Å²) in [5, 5.41) is 12.7. The number of carboxylic acid groups (broad SMARTS) is 1. The molecule has 0 saturated carbocycles. The minimum Gasteiger partial charge on any atom is -0.478 e. The molecule has 1 heterocycles. The van der Waals surface area contributed by atoms with Gasteiger partial charge < -0.3 is 20.1 Å². The van der Waals surface area contributed by atoms with Gasteiger partial charge in [-0.15, -0.1) is 0 Å². The van der Waals surface area contributed by atoms with Crippen LogP contribution < -0.4 is 15.0 Å². The molecule has 5 nitrogen and oxygen atoms in total. The van der Waals surface area contributed by atoms with Gasteiger partial charge in [0.05, 0.1) is 16.9 Å². The summed E-state index contributed by atoms with van der Waals surface area (Å²) in [5.74, 6) is 0.269. The summed E-state index contributed by atoms with van der Waals surface area (Å²) in [4.78, 5) is 14.0. The number of carboxylic acids is 1. The molecule has 2 N–H and O–H groups in total. The van der Waals surface area contributed by atoms with E-state index in [1.165, 1.54) is 36.9 Å². The van der Waals surface area contributed by atoms with E-state index in [4.69, 9.17) is 4.74 Å². The van der Waals surface area contributed by atoms with Crippen molar-refractivity contribution >= 4 is 23.0 Å². The molecule has 3 aromatic carbocycles. The molecule has 1 aliphatic heterocycles. The highest BCUT2D eigenvalue weighted by Gasteiger charge is 2.22. The Morgan fingerprint density at radius 3 is 2.36 bits per heavy atom. The van der Waals surface area contributed by atoms with Gasteiger partial charge in [-0.3, -0.25) is 0 Å². The Labute approximate surface area is 196 Å². The number of hydrogen-bond donors (Lipinski definition) is 2. The fraction of sp³-hybridized carbons (Fsp3) is 0.321. The predicted octanol–water partition coefficient (Wildman–Crippen LogP) is 7.23. The lowest BCUT2D eigenvalue weighted by Gasteiger charge is -2.25. The van der Waals surface area contributed by atoms with Crippen LogP contribution in [0.25, 0.3) is 0 Å². The van der Waals surface area contributed by atoms with Crippen LogP contribution in [0.15, 0.2) is 60.7 Å². The van der Waals surface area contributed by atoms with Crippen molar-refractivity contribution in [2.45, 2.75) is 46.0 Å². The van der Waals surface area contributed by atoms with E-state index in [0.29, 0.717) is 17.2 Å². The first-order chi connectivity index (χ1) is 16.1. The molecule has 1 aliphatic rings. The number of aromatic carboxylic acids is 1. The van der Waals surface area contributed by atoms with Gasteiger partial charge in [0.2, 0.25) is 0 Å². The van der Waals surface area contributed by atoms with Crippen LogP contribution in [0, 0.1) is 0 Å². The summed E-state index contributed by atoms with van der Waals surface area (Å²) in [6, 6.07) is 20.0. The Bertz CT molecular complexity index is 1120. The van der Waals surface area contributed by atoms with Gasteiger partial charge in [0.1, 0.15) is 0 Å². The van der Waals surface area contributed by atoms with E-state index in [1.807, 2.05) is 12.1 Å². The maximum atomic E-state index is 11.5. The lowest BCUT2D eigenvalue weighted by molar-refractivity contribution is 0.0697.